The highest BCUT2D eigenvalue weighted by molar-refractivity contribution is 6.35. The van der Waals surface area contributed by atoms with Crippen LogP contribution in [0.3, 0.4) is 0 Å². The van der Waals surface area contributed by atoms with Crippen molar-refractivity contribution in [1.82, 2.24) is 4.90 Å². The first-order valence-corrected chi connectivity index (χ1v) is 7.58. The molecular weight excluding hydrogens is 315 g/mol. The molecule has 1 aliphatic rings. The number of urea groups is 1. The van der Waals surface area contributed by atoms with Crippen LogP contribution in [0.25, 0.3) is 0 Å². The number of aliphatic hydroxyl groups is 1. The van der Waals surface area contributed by atoms with E-state index in [1.807, 2.05) is 0 Å². The first-order chi connectivity index (χ1) is 10.1. The third-order valence-electron chi connectivity index (χ3n) is 3.22. The van der Waals surface area contributed by atoms with E-state index < -0.39 is 0 Å². The van der Waals surface area contributed by atoms with Gasteiger partial charge in [0.2, 0.25) is 0 Å². The van der Waals surface area contributed by atoms with Gasteiger partial charge in [-0.3, -0.25) is 0 Å². The van der Waals surface area contributed by atoms with Crippen molar-refractivity contribution in [3.8, 4) is 0 Å². The van der Waals surface area contributed by atoms with E-state index in [4.69, 9.17) is 33.0 Å². The van der Waals surface area contributed by atoms with Gasteiger partial charge in [0.05, 0.1) is 19.3 Å². The molecule has 0 aliphatic carbocycles. The van der Waals surface area contributed by atoms with E-state index >= 15 is 0 Å². The molecule has 2 amide bonds. The third kappa shape index (κ3) is 5.04. The first-order valence-electron chi connectivity index (χ1n) is 6.83. The van der Waals surface area contributed by atoms with Crippen LogP contribution < -0.4 is 5.32 Å². The van der Waals surface area contributed by atoms with Crippen molar-refractivity contribution in [2.45, 2.75) is 18.9 Å². The molecule has 0 radical (unpaired) electrons. The Hall–Kier alpha value is -1.01. The lowest BCUT2D eigenvalue weighted by Gasteiger charge is -2.32. The summed E-state index contributed by atoms with van der Waals surface area (Å²) in [6.45, 7) is 1.48. The molecule has 1 aromatic carbocycles. The van der Waals surface area contributed by atoms with Gasteiger partial charge in [-0.1, -0.05) is 23.2 Å². The van der Waals surface area contributed by atoms with E-state index in [1.54, 1.807) is 23.1 Å². The Bertz CT molecular complexity index is 479. The molecule has 1 aromatic rings. The minimum atomic E-state index is -0.203. The maximum atomic E-state index is 12.2. The van der Waals surface area contributed by atoms with Gasteiger partial charge in [0.1, 0.15) is 0 Å². The van der Waals surface area contributed by atoms with Crippen LogP contribution in [-0.2, 0) is 4.74 Å². The van der Waals surface area contributed by atoms with E-state index in [-0.39, 0.29) is 18.7 Å². The van der Waals surface area contributed by atoms with Gasteiger partial charge in [-0.05, 0) is 31.0 Å². The summed E-state index contributed by atoms with van der Waals surface area (Å²) in [4.78, 5) is 13.9. The molecule has 1 saturated heterocycles. The number of halogens is 2. The number of nitrogens with one attached hydrogen (secondary N) is 1. The van der Waals surface area contributed by atoms with Gasteiger partial charge in [-0.2, -0.15) is 0 Å². The summed E-state index contributed by atoms with van der Waals surface area (Å²) in [6, 6.07) is 4.70. The number of carbonyl (C=O) groups excluding carboxylic acids is 1. The monoisotopic (exact) mass is 332 g/mol. The second-order valence-corrected chi connectivity index (χ2v) is 5.77. The zero-order valence-corrected chi connectivity index (χ0v) is 13.0. The molecule has 1 heterocycles. The summed E-state index contributed by atoms with van der Waals surface area (Å²) in [5.74, 6) is 0. The highest BCUT2D eigenvalue weighted by atomic mass is 35.5. The largest absolute Gasteiger partial charge is 0.394 e. The fourth-order valence-corrected chi connectivity index (χ4v) is 2.83. The number of amides is 2. The van der Waals surface area contributed by atoms with Gasteiger partial charge in [0, 0.05) is 28.8 Å². The van der Waals surface area contributed by atoms with Crippen molar-refractivity contribution in [3.05, 3.63) is 28.2 Å². The van der Waals surface area contributed by atoms with Crippen LogP contribution in [0.1, 0.15) is 12.8 Å². The molecule has 1 fully saturated rings. The highest BCUT2D eigenvalue weighted by Gasteiger charge is 2.24. The summed E-state index contributed by atoms with van der Waals surface area (Å²) >= 11 is 11.8. The quantitative estimate of drug-likeness (QED) is 0.890. The molecule has 2 N–H and O–H groups in total. The number of hydrogen-bond donors (Lipinski definition) is 2. The molecule has 1 atom stereocenters. The van der Waals surface area contributed by atoms with E-state index in [0.29, 0.717) is 35.4 Å². The molecule has 21 heavy (non-hydrogen) atoms. The van der Waals surface area contributed by atoms with Crippen LogP contribution in [0.4, 0.5) is 10.5 Å². The molecular formula is C14H18Cl2N2O3. The predicted molar refractivity (Wildman–Crippen MR) is 83.1 cm³/mol. The third-order valence-corrected chi connectivity index (χ3v) is 3.66. The number of hydrogen-bond acceptors (Lipinski definition) is 3. The van der Waals surface area contributed by atoms with E-state index in [9.17, 15) is 4.79 Å². The van der Waals surface area contributed by atoms with E-state index in [0.717, 1.165) is 12.8 Å². The van der Waals surface area contributed by atoms with Gasteiger partial charge in [0.15, 0.2) is 0 Å². The van der Waals surface area contributed by atoms with Gasteiger partial charge in [-0.25, -0.2) is 4.79 Å². The van der Waals surface area contributed by atoms with Gasteiger partial charge in [-0.15, -0.1) is 0 Å². The summed E-state index contributed by atoms with van der Waals surface area (Å²) in [6.07, 6.45) is 1.74. The molecule has 116 valence electrons. The summed E-state index contributed by atoms with van der Waals surface area (Å²) in [5.41, 5.74) is 0.566. The number of carbonyl (C=O) groups is 1. The number of rotatable bonds is 4. The number of benzene rings is 1. The van der Waals surface area contributed by atoms with Crippen molar-refractivity contribution in [3.63, 3.8) is 0 Å². The first kappa shape index (κ1) is 16.4. The standard InChI is InChI=1S/C14H18Cl2N2O3/c15-10-6-11(16)8-12(7-10)17-14(20)18-3-1-2-13(9-18)21-5-4-19/h6-8,13,19H,1-5,9H2,(H,17,20)/t13-/m1/s1. The number of anilines is 1. The maximum absolute atomic E-state index is 12.2. The van der Waals surface area contributed by atoms with Crippen molar-refractivity contribution in [2.75, 3.05) is 31.6 Å². The molecule has 0 aromatic heterocycles. The fraction of sp³-hybridized carbons (Fsp3) is 0.500. The number of piperidine rings is 1. The average Bonchev–Trinajstić information content (AvgIpc) is 2.44. The van der Waals surface area contributed by atoms with Crippen molar-refractivity contribution < 1.29 is 14.6 Å². The second kappa shape index (κ2) is 7.84. The number of nitrogens with zero attached hydrogens (tertiary/aromatic N) is 1. The van der Waals surface area contributed by atoms with Crippen molar-refractivity contribution in [1.29, 1.82) is 0 Å². The molecule has 1 aliphatic heterocycles. The van der Waals surface area contributed by atoms with E-state index in [2.05, 4.69) is 5.32 Å². The zero-order chi connectivity index (χ0) is 15.2. The van der Waals surface area contributed by atoms with Gasteiger partial charge < -0.3 is 20.1 Å². The van der Waals surface area contributed by atoms with Crippen LogP contribution >= 0.6 is 23.2 Å². The lowest BCUT2D eigenvalue weighted by Crippen LogP contribution is -2.45. The van der Waals surface area contributed by atoms with Crippen molar-refractivity contribution >= 4 is 34.9 Å². The summed E-state index contributed by atoms with van der Waals surface area (Å²) in [7, 11) is 0. The Labute approximate surface area is 133 Å². The lowest BCUT2D eigenvalue weighted by molar-refractivity contribution is -0.00462. The molecule has 2 rings (SSSR count). The van der Waals surface area contributed by atoms with Crippen LogP contribution in [0.5, 0.6) is 0 Å². The van der Waals surface area contributed by atoms with Crippen LogP contribution in [0.15, 0.2) is 18.2 Å². The molecule has 7 heteroatoms. The number of aliphatic hydroxyl groups excluding tert-OH is 1. The average molecular weight is 333 g/mol. The van der Waals surface area contributed by atoms with Crippen LogP contribution in [0, 0.1) is 0 Å². The molecule has 0 spiro atoms. The number of ether oxygens (including phenoxy) is 1. The minimum Gasteiger partial charge on any atom is -0.394 e. The zero-order valence-electron chi connectivity index (χ0n) is 11.5. The van der Waals surface area contributed by atoms with Crippen LogP contribution in [0.2, 0.25) is 10.0 Å². The molecule has 0 saturated carbocycles. The SMILES string of the molecule is O=C(Nc1cc(Cl)cc(Cl)c1)N1CCC[C@@H](OCCO)C1. The Morgan fingerprint density at radius 3 is 2.76 bits per heavy atom. The fourth-order valence-electron chi connectivity index (χ4n) is 2.31. The summed E-state index contributed by atoms with van der Waals surface area (Å²) in [5, 5.41) is 12.5. The number of likely N-dealkylation sites (tertiary alicyclic amines) is 1. The normalized spacial score (nSPS) is 18.6. The highest BCUT2D eigenvalue weighted by Crippen LogP contribution is 2.23. The second-order valence-electron chi connectivity index (χ2n) is 4.89. The predicted octanol–water partition coefficient (Wildman–Crippen LogP) is 3.00. The Morgan fingerprint density at radius 2 is 2.10 bits per heavy atom. The van der Waals surface area contributed by atoms with Crippen molar-refractivity contribution in [2.24, 2.45) is 0 Å². The van der Waals surface area contributed by atoms with E-state index in [1.165, 1.54) is 0 Å². The van der Waals surface area contributed by atoms with Gasteiger partial charge in [0.25, 0.3) is 0 Å². The maximum Gasteiger partial charge on any atom is 0.321 e. The Kier molecular flexibility index (Phi) is 6.11. The minimum absolute atomic E-state index is 0.0102. The Morgan fingerprint density at radius 1 is 1.38 bits per heavy atom. The molecule has 5 nitrogen and oxygen atoms in total. The lowest BCUT2D eigenvalue weighted by atomic mass is 10.1. The molecule has 0 unspecified atom stereocenters. The van der Waals surface area contributed by atoms with Crippen LogP contribution in [-0.4, -0.2) is 48.4 Å². The smallest absolute Gasteiger partial charge is 0.321 e. The topological polar surface area (TPSA) is 61.8 Å². The van der Waals surface area contributed by atoms with Gasteiger partial charge >= 0.3 is 6.03 Å². The molecule has 0 bridgehead atoms. The summed E-state index contributed by atoms with van der Waals surface area (Å²) < 4.78 is 5.49. The Balaban J connectivity index is 1.93.